The number of hydrogen-bond acceptors (Lipinski definition) is 5. The number of rotatable bonds is 5. The van der Waals surface area contributed by atoms with Gasteiger partial charge in [0, 0.05) is 16.1 Å². The first-order chi connectivity index (χ1) is 23.4. The SMILES string of the molecule is O=C1[C@@H]2[C@@H](C(=O)N1c1ccc3c(c1)OCO3)[C@@]1(c3ccc(Cl)cc3)C(=O)[C@@]2(c2ccc(Cl)cc2)C(c2ccccc2)=C1c1ccccc1. The molecular weight excluding hydrogens is 645 g/mol. The highest BCUT2D eigenvalue weighted by Gasteiger charge is 2.82. The molecule has 0 spiro atoms. The number of allylic oxidation sites excluding steroid dienone is 2. The van der Waals surface area contributed by atoms with Gasteiger partial charge < -0.3 is 9.47 Å². The van der Waals surface area contributed by atoms with Gasteiger partial charge >= 0.3 is 0 Å². The summed E-state index contributed by atoms with van der Waals surface area (Å²) < 4.78 is 11.1. The van der Waals surface area contributed by atoms with Crippen LogP contribution in [0.2, 0.25) is 10.0 Å². The Hall–Kier alpha value is -5.17. The molecule has 2 aliphatic carbocycles. The second-order valence-electron chi connectivity index (χ2n) is 12.4. The number of amides is 2. The van der Waals surface area contributed by atoms with Crippen LogP contribution in [0, 0.1) is 11.8 Å². The van der Waals surface area contributed by atoms with Crippen molar-refractivity contribution in [3.8, 4) is 11.5 Å². The maximum atomic E-state index is 16.0. The molecular formula is C40H25Cl2NO5. The predicted octanol–water partition coefficient (Wildman–Crippen LogP) is 7.91. The fourth-order valence-corrected chi connectivity index (χ4v) is 8.89. The quantitative estimate of drug-likeness (QED) is 0.178. The normalized spacial score (nSPS) is 25.3. The van der Waals surface area contributed by atoms with Crippen LogP contribution >= 0.6 is 23.2 Å². The van der Waals surface area contributed by atoms with Crippen LogP contribution < -0.4 is 14.4 Å². The minimum Gasteiger partial charge on any atom is -0.454 e. The number of imide groups is 1. The highest BCUT2D eigenvalue weighted by Crippen LogP contribution is 2.74. The number of anilines is 1. The number of benzene rings is 5. The highest BCUT2D eigenvalue weighted by atomic mass is 35.5. The van der Waals surface area contributed by atoms with Crippen LogP contribution in [0.25, 0.3) is 11.1 Å². The van der Waals surface area contributed by atoms with E-state index in [-0.39, 0.29) is 12.6 Å². The lowest BCUT2D eigenvalue weighted by Crippen LogP contribution is -2.45. The van der Waals surface area contributed by atoms with Crippen LogP contribution in [-0.2, 0) is 25.2 Å². The number of carbonyl (C=O) groups excluding carboxylic acids is 3. The Labute approximate surface area is 286 Å². The second kappa shape index (κ2) is 10.4. The van der Waals surface area contributed by atoms with E-state index >= 15 is 14.4 Å². The summed E-state index contributed by atoms with van der Waals surface area (Å²) in [7, 11) is 0. The topological polar surface area (TPSA) is 72.9 Å². The van der Waals surface area contributed by atoms with E-state index < -0.39 is 34.5 Å². The number of carbonyl (C=O) groups is 3. The van der Waals surface area contributed by atoms with Gasteiger partial charge in [0.1, 0.15) is 0 Å². The summed E-state index contributed by atoms with van der Waals surface area (Å²) in [6, 6.07) is 38.6. The molecule has 4 atom stereocenters. The summed E-state index contributed by atoms with van der Waals surface area (Å²) in [6.45, 7) is 0.0462. The first-order valence-electron chi connectivity index (χ1n) is 15.6. The molecule has 0 aromatic heterocycles. The van der Waals surface area contributed by atoms with Crippen molar-refractivity contribution in [2.45, 2.75) is 10.8 Å². The van der Waals surface area contributed by atoms with Crippen molar-refractivity contribution in [2.24, 2.45) is 11.8 Å². The Morgan fingerprint density at radius 1 is 0.562 bits per heavy atom. The van der Waals surface area contributed by atoms with Gasteiger partial charge in [-0.1, -0.05) is 108 Å². The molecule has 234 valence electrons. The molecule has 5 aromatic carbocycles. The van der Waals surface area contributed by atoms with E-state index in [9.17, 15) is 0 Å². The maximum absolute atomic E-state index is 16.0. The number of nitrogens with zero attached hydrogens (tertiary/aromatic N) is 1. The summed E-state index contributed by atoms with van der Waals surface area (Å²) >= 11 is 12.8. The number of Topliss-reactive ketones (excluding diaryl/α,β-unsaturated/α-hetero) is 1. The minimum absolute atomic E-state index is 0.0462. The molecule has 8 heteroatoms. The molecule has 4 aliphatic rings. The van der Waals surface area contributed by atoms with Crippen molar-refractivity contribution in [1.82, 2.24) is 0 Å². The summed E-state index contributed by atoms with van der Waals surface area (Å²) in [4.78, 5) is 47.5. The second-order valence-corrected chi connectivity index (χ2v) is 13.3. The summed E-state index contributed by atoms with van der Waals surface area (Å²) in [5.74, 6) is -2.29. The zero-order valence-electron chi connectivity index (χ0n) is 25.2. The van der Waals surface area contributed by atoms with Gasteiger partial charge in [0.25, 0.3) is 0 Å². The highest BCUT2D eigenvalue weighted by molar-refractivity contribution is 6.39. The zero-order chi connectivity index (χ0) is 32.8. The first-order valence-corrected chi connectivity index (χ1v) is 16.3. The van der Waals surface area contributed by atoms with Crippen LogP contribution in [0.15, 0.2) is 127 Å². The zero-order valence-corrected chi connectivity index (χ0v) is 26.7. The first kappa shape index (κ1) is 29.0. The summed E-state index contributed by atoms with van der Waals surface area (Å²) in [6.07, 6.45) is 0. The van der Waals surface area contributed by atoms with Crippen molar-refractivity contribution >= 4 is 57.6 Å². The average Bonchev–Trinajstić information content (AvgIpc) is 3.81. The molecule has 2 bridgehead atoms. The van der Waals surface area contributed by atoms with Gasteiger partial charge in [0.05, 0.1) is 28.4 Å². The number of ether oxygens (including phenoxy) is 2. The summed E-state index contributed by atoms with van der Waals surface area (Å²) in [5.41, 5.74) is 1.45. The maximum Gasteiger partial charge on any atom is 0.239 e. The molecule has 0 unspecified atom stereocenters. The number of ketones is 1. The van der Waals surface area contributed by atoms with E-state index in [1.165, 1.54) is 4.90 Å². The van der Waals surface area contributed by atoms with E-state index in [4.69, 9.17) is 32.7 Å². The molecule has 1 saturated heterocycles. The lowest BCUT2D eigenvalue weighted by atomic mass is 9.59. The number of fused-ring (bicyclic) bond motifs is 6. The standard InChI is InChI=1S/C40H25Cl2NO5/c41-27-15-11-25(12-16-27)39-32(23-7-3-1-4-8-23)33(24-9-5-2-6-10-24)40(38(39)46,26-13-17-28(42)18-14-26)35-34(39)36(44)43(37(35)45)29-19-20-30-31(21-29)48-22-47-30/h1-21,34-35H,22H2/t34-,35-,39-,40-/m0/s1. The van der Waals surface area contributed by atoms with E-state index in [1.54, 1.807) is 42.5 Å². The van der Waals surface area contributed by atoms with Gasteiger partial charge in [0.15, 0.2) is 17.3 Å². The third-order valence-electron chi connectivity index (χ3n) is 10.3. The Bertz CT molecular complexity index is 2070. The van der Waals surface area contributed by atoms with Crippen molar-refractivity contribution in [1.29, 1.82) is 0 Å². The third kappa shape index (κ3) is 3.62. The van der Waals surface area contributed by atoms with E-state index in [0.717, 1.165) is 11.1 Å². The Morgan fingerprint density at radius 3 is 1.50 bits per heavy atom. The van der Waals surface area contributed by atoms with Gasteiger partial charge in [-0.25, -0.2) is 4.90 Å². The molecule has 6 nitrogen and oxygen atoms in total. The van der Waals surface area contributed by atoms with Gasteiger partial charge in [-0.15, -0.1) is 0 Å². The van der Waals surface area contributed by atoms with Gasteiger partial charge in [-0.3, -0.25) is 14.4 Å². The van der Waals surface area contributed by atoms with Gasteiger partial charge in [0.2, 0.25) is 18.6 Å². The Kier molecular flexibility index (Phi) is 6.29. The minimum atomic E-state index is -1.54. The van der Waals surface area contributed by atoms with Crippen LogP contribution in [0.3, 0.4) is 0 Å². The predicted molar refractivity (Wildman–Crippen MR) is 183 cm³/mol. The average molecular weight is 671 g/mol. The third-order valence-corrected chi connectivity index (χ3v) is 10.8. The van der Waals surface area contributed by atoms with Crippen molar-refractivity contribution < 1.29 is 23.9 Å². The lowest BCUT2D eigenvalue weighted by Gasteiger charge is -2.39. The van der Waals surface area contributed by atoms with Crippen LogP contribution in [0.5, 0.6) is 11.5 Å². The van der Waals surface area contributed by atoms with Gasteiger partial charge in [-0.05, 0) is 69.8 Å². The molecule has 0 N–H and O–H groups in total. The van der Waals surface area contributed by atoms with Crippen molar-refractivity contribution in [3.63, 3.8) is 0 Å². The summed E-state index contributed by atoms with van der Waals surface area (Å²) in [5, 5.41) is 0.979. The van der Waals surface area contributed by atoms with Crippen LogP contribution in [-0.4, -0.2) is 24.4 Å². The fraction of sp³-hybridized carbons (Fsp3) is 0.125. The molecule has 0 radical (unpaired) electrons. The fourth-order valence-electron chi connectivity index (χ4n) is 8.64. The largest absolute Gasteiger partial charge is 0.454 e. The smallest absolute Gasteiger partial charge is 0.239 e. The van der Waals surface area contributed by atoms with E-state index in [0.29, 0.717) is 49.5 Å². The van der Waals surface area contributed by atoms with Gasteiger partial charge in [-0.2, -0.15) is 0 Å². The molecule has 48 heavy (non-hydrogen) atoms. The van der Waals surface area contributed by atoms with Crippen molar-refractivity contribution in [2.75, 3.05) is 11.7 Å². The Morgan fingerprint density at radius 2 is 1.02 bits per heavy atom. The number of hydrogen-bond donors (Lipinski definition) is 0. The molecule has 5 aromatic rings. The lowest BCUT2D eigenvalue weighted by molar-refractivity contribution is -0.130. The Balaban J connectivity index is 1.43. The molecule has 2 aliphatic heterocycles. The van der Waals surface area contributed by atoms with Crippen LogP contribution in [0.1, 0.15) is 22.3 Å². The van der Waals surface area contributed by atoms with Crippen LogP contribution in [0.4, 0.5) is 5.69 Å². The molecule has 1 saturated carbocycles. The monoisotopic (exact) mass is 669 g/mol. The molecule has 9 rings (SSSR count). The molecule has 2 fully saturated rings. The number of halogens is 2. The van der Waals surface area contributed by atoms with Crippen molar-refractivity contribution in [3.05, 3.63) is 160 Å². The van der Waals surface area contributed by atoms with E-state index in [2.05, 4.69) is 0 Å². The van der Waals surface area contributed by atoms with E-state index in [1.807, 2.05) is 84.9 Å². The molecule has 2 amide bonds. The molecule has 2 heterocycles.